The summed E-state index contributed by atoms with van der Waals surface area (Å²) in [6, 6.07) is 14.2. The van der Waals surface area contributed by atoms with Crippen LogP contribution in [0.5, 0.6) is 0 Å². The van der Waals surface area contributed by atoms with Gasteiger partial charge in [0.15, 0.2) is 0 Å². The van der Waals surface area contributed by atoms with E-state index in [-0.39, 0.29) is 28.7 Å². The van der Waals surface area contributed by atoms with Gasteiger partial charge in [-0.05, 0) is 53.9 Å². The predicted octanol–water partition coefficient (Wildman–Crippen LogP) is 4.30. The van der Waals surface area contributed by atoms with E-state index in [4.69, 9.17) is 11.6 Å². The molecule has 1 aliphatic heterocycles. The molecule has 1 saturated heterocycles. The zero-order valence-corrected chi connectivity index (χ0v) is 18.7. The Morgan fingerprint density at radius 1 is 1.03 bits per heavy atom. The highest BCUT2D eigenvalue weighted by molar-refractivity contribution is 7.89. The number of hydrogen-bond donors (Lipinski definition) is 1. The largest absolute Gasteiger partial charge is 0.369 e. The minimum Gasteiger partial charge on any atom is -0.369 e. The smallest absolute Gasteiger partial charge is 0.267 e. The van der Waals surface area contributed by atoms with E-state index in [2.05, 4.69) is 5.32 Å². The average Bonchev–Trinajstić information content (AvgIpc) is 3.26. The molecule has 1 amide bonds. The standard InChI is InChI=1S/C21H19ClFN3O3S2/c22-15-2-1-3-17(14-15)24-21(27)20-19(8-13-30-20)31(28,29)26-11-9-25(10-12-26)18-6-4-16(23)5-7-18/h1-8,13-14H,9-12H2,(H,24,27). The Labute approximate surface area is 188 Å². The SMILES string of the molecule is O=C(Nc1cccc(Cl)c1)c1sccc1S(=O)(=O)N1CCN(c2ccc(F)cc2)CC1. The van der Waals surface area contributed by atoms with Gasteiger partial charge in [0, 0.05) is 42.6 Å². The molecule has 2 heterocycles. The number of sulfonamides is 1. The third-order valence-electron chi connectivity index (χ3n) is 4.97. The molecule has 1 fully saturated rings. The first-order valence-corrected chi connectivity index (χ1v) is 12.2. The third-order valence-corrected chi connectivity index (χ3v) is 8.18. The van der Waals surface area contributed by atoms with Crippen LogP contribution in [0.2, 0.25) is 5.02 Å². The number of carbonyl (C=O) groups is 1. The summed E-state index contributed by atoms with van der Waals surface area (Å²) in [5, 5.41) is 4.76. The van der Waals surface area contributed by atoms with Gasteiger partial charge in [-0.25, -0.2) is 12.8 Å². The van der Waals surface area contributed by atoms with Crippen molar-refractivity contribution in [3.8, 4) is 0 Å². The number of hydrogen-bond acceptors (Lipinski definition) is 5. The summed E-state index contributed by atoms with van der Waals surface area (Å²) in [6.45, 7) is 1.48. The third kappa shape index (κ3) is 4.74. The molecule has 0 radical (unpaired) electrons. The van der Waals surface area contributed by atoms with Crippen molar-refractivity contribution in [3.63, 3.8) is 0 Å². The number of thiophene rings is 1. The molecular formula is C21H19ClFN3O3S2. The normalized spacial score (nSPS) is 15.1. The lowest BCUT2D eigenvalue weighted by Crippen LogP contribution is -2.48. The quantitative estimate of drug-likeness (QED) is 0.592. The maximum absolute atomic E-state index is 13.2. The van der Waals surface area contributed by atoms with Crippen molar-refractivity contribution in [2.75, 3.05) is 36.4 Å². The second-order valence-electron chi connectivity index (χ2n) is 6.95. The van der Waals surface area contributed by atoms with Gasteiger partial charge in [0.05, 0.1) is 0 Å². The minimum absolute atomic E-state index is 0.00717. The zero-order chi connectivity index (χ0) is 22.0. The van der Waals surface area contributed by atoms with Gasteiger partial charge in [0.2, 0.25) is 10.0 Å². The van der Waals surface area contributed by atoms with Crippen LogP contribution in [0, 0.1) is 5.82 Å². The lowest BCUT2D eigenvalue weighted by molar-refractivity contribution is 0.102. The molecule has 0 atom stereocenters. The molecule has 3 aromatic rings. The number of carbonyl (C=O) groups excluding carboxylic acids is 1. The molecule has 2 aromatic carbocycles. The van der Waals surface area contributed by atoms with Gasteiger partial charge in [-0.2, -0.15) is 4.31 Å². The van der Waals surface area contributed by atoms with E-state index in [0.29, 0.717) is 23.8 Å². The highest BCUT2D eigenvalue weighted by Gasteiger charge is 2.32. The van der Waals surface area contributed by atoms with Crippen molar-refractivity contribution in [3.05, 3.63) is 75.7 Å². The number of rotatable bonds is 5. The number of anilines is 2. The molecule has 0 unspecified atom stereocenters. The number of amides is 1. The van der Waals surface area contributed by atoms with E-state index < -0.39 is 15.9 Å². The Morgan fingerprint density at radius 2 is 1.74 bits per heavy atom. The topological polar surface area (TPSA) is 69.7 Å². The monoisotopic (exact) mass is 479 g/mol. The molecular weight excluding hydrogens is 461 g/mol. The van der Waals surface area contributed by atoms with Crippen molar-refractivity contribution < 1.29 is 17.6 Å². The fourth-order valence-corrected chi connectivity index (χ4v) is 6.31. The number of piperazine rings is 1. The van der Waals surface area contributed by atoms with Gasteiger partial charge < -0.3 is 10.2 Å². The van der Waals surface area contributed by atoms with Crippen LogP contribution >= 0.6 is 22.9 Å². The second-order valence-corrected chi connectivity index (χ2v) is 10.2. The molecule has 4 rings (SSSR count). The number of nitrogens with one attached hydrogen (secondary N) is 1. The molecule has 31 heavy (non-hydrogen) atoms. The molecule has 0 saturated carbocycles. The Kier molecular flexibility index (Phi) is 6.29. The van der Waals surface area contributed by atoms with Crippen LogP contribution in [0.1, 0.15) is 9.67 Å². The van der Waals surface area contributed by atoms with Gasteiger partial charge in [0.25, 0.3) is 5.91 Å². The fraction of sp³-hybridized carbons (Fsp3) is 0.190. The molecule has 0 bridgehead atoms. The molecule has 10 heteroatoms. The van der Waals surface area contributed by atoms with E-state index >= 15 is 0 Å². The highest BCUT2D eigenvalue weighted by Crippen LogP contribution is 2.28. The van der Waals surface area contributed by atoms with E-state index in [0.717, 1.165) is 17.0 Å². The van der Waals surface area contributed by atoms with Crippen LogP contribution in [-0.2, 0) is 10.0 Å². The van der Waals surface area contributed by atoms with Gasteiger partial charge in [-0.15, -0.1) is 11.3 Å². The van der Waals surface area contributed by atoms with Crippen molar-refractivity contribution in [1.29, 1.82) is 0 Å². The summed E-state index contributed by atoms with van der Waals surface area (Å²) in [5.41, 5.74) is 1.33. The maximum Gasteiger partial charge on any atom is 0.267 e. The first-order valence-electron chi connectivity index (χ1n) is 9.50. The van der Waals surface area contributed by atoms with Crippen LogP contribution in [0.15, 0.2) is 64.9 Å². The Balaban J connectivity index is 1.48. The van der Waals surface area contributed by atoms with E-state index in [1.807, 2.05) is 4.90 Å². The van der Waals surface area contributed by atoms with Crippen molar-refractivity contribution >= 4 is 50.2 Å². The molecule has 0 spiro atoms. The molecule has 1 aromatic heterocycles. The zero-order valence-electron chi connectivity index (χ0n) is 16.3. The first-order chi connectivity index (χ1) is 14.8. The fourth-order valence-electron chi connectivity index (χ4n) is 3.40. The van der Waals surface area contributed by atoms with Gasteiger partial charge in [-0.1, -0.05) is 17.7 Å². The highest BCUT2D eigenvalue weighted by atomic mass is 35.5. The van der Waals surface area contributed by atoms with E-state index in [9.17, 15) is 17.6 Å². The molecule has 0 aliphatic carbocycles. The van der Waals surface area contributed by atoms with Gasteiger partial charge >= 0.3 is 0 Å². The maximum atomic E-state index is 13.2. The average molecular weight is 480 g/mol. The number of benzene rings is 2. The van der Waals surface area contributed by atoms with Crippen LogP contribution in [0.4, 0.5) is 15.8 Å². The van der Waals surface area contributed by atoms with Crippen LogP contribution in [0.3, 0.4) is 0 Å². The summed E-state index contributed by atoms with van der Waals surface area (Å²) in [7, 11) is -3.84. The molecule has 6 nitrogen and oxygen atoms in total. The van der Waals surface area contributed by atoms with Crippen molar-refractivity contribution in [2.45, 2.75) is 4.90 Å². The van der Waals surface area contributed by atoms with E-state index in [1.54, 1.807) is 41.8 Å². The van der Waals surface area contributed by atoms with E-state index in [1.165, 1.54) is 22.5 Å². The number of halogens is 2. The Morgan fingerprint density at radius 3 is 2.42 bits per heavy atom. The van der Waals surface area contributed by atoms with Crippen LogP contribution < -0.4 is 10.2 Å². The number of nitrogens with zero attached hydrogens (tertiary/aromatic N) is 2. The second kappa shape index (κ2) is 8.96. The summed E-state index contributed by atoms with van der Waals surface area (Å²) in [5.74, 6) is -0.813. The molecule has 1 aliphatic rings. The molecule has 1 N–H and O–H groups in total. The van der Waals surface area contributed by atoms with Gasteiger partial charge in [0.1, 0.15) is 15.6 Å². The summed E-state index contributed by atoms with van der Waals surface area (Å²) in [4.78, 5) is 14.9. The predicted molar refractivity (Wildman–Crippen MR) is 121 cm³/mol. The summed E-state index contributed by atoms with van der Waals surface area (Å²) in [6.07, 6.45) is 0. The van der Waals surface area contributed by atoms with Gasteiger partial charge in [-0.3, -0.25) is 4.79 Å². The first kappa shape index (κ1) is 21.8. The minimum atomic E-state index is -3.84. The Hall–Kier alpha value is -2.46. The lowest BCUT2D eigenvalue weighted by Gasteiger charge is -2.35. The van der Waals surface area contributed by atoms with Crippen LogP contribution in [-0.4, -0.2) is 44.8 Å². The summed E-state index contributed by atoms with van der Waals surface area (Å²) >= 11 is 7.02. The van der Waals surface area contributed by atoms with Crippen LogP contribution in [0.25, 0.3) is 0 Å². The Bertz CT molecular complexity index is 1190. The van der Waals surface area contributed by atoms with Crippen molar-refractivity contribution in [1.82, 2.24) is 4.31 Å². The lowest BCUT2D eigenvalue weighted by atomic mass is 10.2. The molecule has 162 valence electrons. The summed E-state index contributed by atoms with van der Waals surface area (Å²) < 4.78 is 41.0. The van der Waals surface area contributed by atoms with Crippen molar-refractivity contribution in [2.24, 2.45) is 0 Å².